The molecule has 0 amide bonds. The molecule has 120 valence electrons. The number of benzene rings is 1. The smallest absolute Gasteiger partial charge is 0.399 e. The van der Waals surface area contributed by atoms with Gasteiger partial charge in [0.2, 0.25) is 0 Å². The number of fused-ring (bicyclic) bond motifs is 1. The zero-order valence-electron chi connectivity index (χ0n) is 13.2. The molecular formula is C14H16BN3O5. The number of hydrogen-bond donors (Lipinski definition) is 1. The summed E-state index contributed by atoms with van der Waals surface area (Å²) >= 11 is 0. The summed E-state index contributed by atoms with van der Waals surface area (Å²) in [5, 5.41) is 17.0. The molecule has 1 saturated heterocycles. The number of aromatic nitrogens is 2. The van der Waals surface area contributed by atoms with Crippen molar-refractivity contribution in [2.24, 2.45) is 0 Å². The van der Waals surface area contributed by atoms with Gasteiger partial charge in [-0.05, 0) is 50.2 Å². The molecule has 1 N–H and O–H groups in total. The first-order valence-corrected chi connectivity index (χ1v) is 7.15. The molecule has 0 atom stereocenters. The monoisotopic (exact) mass is 317 g/mol. The van der Waals surface area contributed by atoms with E-state index in [0.717, 1.165) is 0 Å². The topological polar surface area (TPSA) is 107 Å². The number of nitro groups is 1. The summed E-state index contributed by atoms with van der Waals surface area (Å²) in [6.07, 6.45) is 0. The van der Waals surface area contributed by atoms with E-state index in [0.29, 0.717) is 11.0 Å². The third-order valence-corrected chi connectivity index (χ3v) is 4.47. The fourth-order valence-corrected chi connectivity index (χ4v) is 2.38. The quantitative estimate of drug-likeness (QED) is 0.505. The Hall–Kier alpha value is -2.26. The van der Waals surface area contributed by atoms with Crippen LogP contribution in [0.15, 0.2) is 23.0 Å². The summed E-state index contributed by atoms with van der Waals surface area (Å²) in [7, 11) is -0.643. The third kappa shape index (κ3) is 2.41. The number of nitrogens with one attached hydrogen (secondary N) is 1. The van der Waals surface area contributed by atoms with E-state index < -0.39 is 34.5 Å². The van der Waals surface area contributed by atoms with Crippen LogP contribution < -0.4 is 10.9 Å². The van der Waals surface area contributed by atoms with Gasteiger partial charge in [-0.25, -0.2) is 0 Å². The van der Waals surface area contributed by atoms with Crippen LogP contribution in [-0.4, -0.2) is 33.4 Å². The summed E-state index contributed by atoms with van der Waals surface area (Å²) in [4.78, 5) is 22.2. The lowest BCUT2D eigenvalue weighted by molar-refractivity contribution is -0.391. The maximum absolute atomic E-state index is 12.2. The van der Waals surface area contributed by atoms with Crippen LogP contribution in [0, 0.1) is 10.1 Å². The molecule has 1 aromatic carbocycles. The van der Waals surface area contributed by atoms with Crippen molar-refractivity contribution in [1.29, 1.82) is 0 Å². The van der Waals surface area contributed by atoms with Gasteiger partial charge in [-0.3, -0.25) is 4.79 Å². The van der Waals surface area contributed by atoms with Gasteiger partial charge in [-0.2, -0.15) is 5.10 Å². The molecule has 8 nitrogen and oxygen atoms in total. The molecule has 3 rings (SSSR count). The summed E-state index contributed by atoms with van der Waals surface area (Å²) in [6.45, 7) is 7.70. The van der Waals surface area contributed by atoms with Gasteiger partial charge in [0.25, 0.3) is 5.43 Å². The van der Waals surface area contributed by atoms with E-state index in [2.05, 4.69) is 10.2 Å². The first kappa shape index (κ1) is 15.6. The number of H-pyrrole nitrogens is 1. The summed E-state index contributed by atoms with van der Waals surface area (Å²) in [6, 6.07) is 4.92. The number of aromatic amines is 1. The van der Waals surface area contributed by atoms with E-state index in [1.165, 1.54) is 0 Å². The predicted molar refractivity (Wildman–Crippen MR) is 84.7 cm³/mol. The SMILES string of the molecule is CC1(C)OB(c2ccc3[nH]nc([N+](=O)[O-])c(=O)c3c2)OC1(C)C. The molecule has 0 bridgehead atoms. The van der Waals surface area contributed by atoms with Crippen molar-refractivity contribution >= 4 is 29.3 Å². The molecule has 2 heterocycles. The van der Waals surface area contributed by atoms with Gasteiger partial charge in [0, 0.05) is 0 Å². The minimum Gasteiger partial charge on any atom is -0.399 e. The Morgan fingerprint density at radius 2 is 1.83 bits per heavy atom. The molecule has 9 heteroatoms. The normalized spacial score (nSPS) is 19.2. The van der Waals surface area contributed by atoms with Crippen LogP contribution in [0.2, 0.25) is 0 Å². The molecule has 0 saturated carbocycles. The fraction of sp³-hybridized carbons (Fsp3) is 0.429. The van der Waals surface area contributed by atoms with Crippen molar-refractivity contribution in [1.82, 2.24) is 10.2 Å². The molecule has 1 aromatic heterocycles. The van der Waals surface area contributed by atoms with Crippen LogP contribution in [0.25, 0.3) is 10.9 Å². The van der Waals surface area contributed by atoms with Crippen molar-refractivity contribution < 1.29 is 14.2 Å². The van der Waals surface area contributed by atoms with E-state index in [9.17, 15) is 14.9 Å². The summed E-state index contributed by atoms with van der Waals surface area (Å²) in [5.41, 5.74) is -0.711. The first-order chi connectivity index (χ1) is 10.6. The molecule has 1 aliphatic heterocycles. The van der Waals surface area contributed by atoms with Gasteiger partial charge in [0.1, 0.15) is 0 Å². The van der Waals surface area contributed by atoms with Crippen LogP contribution >= 0.6 is 0 Å². The maximum atomic E-state index is 12.2. The fourth-order valence-electron chi connectivity index (χ4n) is 2.38. The Morgan fingerprint density at radius 3 is 2.39 bits per heavy atom. The molecule has 23 heavy (non-hydrogen) atoms. The third-order valence-electron chi connectivity index (χ3n) is 4.47. The first-order valence-electron chi connectivity index (χ1n) is 7.15. The van der Waals surface area contributed by atoms with Crippen LogP contribution in [-0.2, 0) is 9.31 Å². The summed E-state index contributed by atoms with van der Waals surface area (Å²) < 4.78 is 11.9. The van der Waals surface area contributed by atoms with Crippen molar-refractivity contribution in [3.63, 3.8) is 0 Å². The van der Waals surface area contributed by atoms with Crippen molar-refractivity contribution in [2.75, 3.05) is 0 Å². The number of nitrogens with zero attached hydrogens (tertiary/aromatic N) is 2. The zero-order valence-corrected chi connectivity index (χ0v) is 13.2. The molecule has 2 aromatic rings. The van der Waals surface area contributed by atoms with E-state index in [-0.39, 0.29) is 5.39 Å². The van der Waals surface area contributed by atoms with Crippen LogP contribution in [0.3, 0.4) is 0 Å². The second-order valence-corrected chi connectivity index (χ2v) is 6.53. The molecule has 1 aliphatic rings. The highest BCUT2D eigenvalue weighted by molar-refractivity contribution is 6.62. The molecule has 0 unspecified atom stereocenters. The number of hydrogen-bond acceptors (Lipinski definition) is 6. The van der Waals surface area contributed by atoms with Gasteiger partial charge in [-0.1, -0.05) is 6.07 Å². The second kappa shape index (κ2) is 4.87. The Morgan fingerprint density at radius 1 is 1.22 bits per heavy atom. The second-order valence-electron chi connectivity index (χ2n) is 6.53. The lowest BCUT2D eigenvalue weighted by Gasteiger charge is -2.32. The Balaban J connectivity index is 2.09. The largest absolute Gasteiger partial charge is 0.494 e. The minimum absolute atomic E-state index is 0.180. The highest BCUT2D eigenvalue weighted by atomic mass is 16.7. The Bertz CT molecular complexity index is 845. The lowest BCUT2D eigenvalue weighted by atomic mass is 9.78. The average molecular weight is 317 g/mol. The van der Waals surface area contributed by atoms with Gasteiger partial charge in [-0.15, -0.1) is 0 Å². The highest BCUT2D eigenvalue weighted by Crippen LogP contribution is 2.36. The lowest BCUT2D eigenvalue weighted by Crippen LogP contribution is -2.41. The maximum Gasteiger partial charge on any atom is 0.494 e. The van der Waals surface area contributed by atoms with Crippen molar-refractivity contribution in [2.45, 2.75) is 38.9 Å². The van der Waals surface area contributed by atoms with Crippen LogP contribution in [0.5, 0.6) is 0 Å². The zero-order chi connectivity index (χ0) is 17.0. The Labute approximate surface area is 132 Å². The predicted octanol–water partition coefficient (Wildman–Crippen LogP) is 1.13. The summed E-state index contributed by atoms with van der Waals surface area (Å²) in [5.74, 6) is -0.733. The van der Waals surface area contributed by atoms with E-state index in [1.807, 2.05) is 27.7 Å². The van der Waals surface area contributed by atoms with E-state index in [1.54, 1.807) is 18.2 Å². The average Bonchev–Trinajstić information content (AvgIpc) is 2.67. The van der Waals surface area contributed by atoms with Gasteiger partial charge >= 0.3 is 12.9 Å². The highest BCUT2D eigenvalue weighted by Gasteiger charge is 2.51. The van der Waals surface area contributed by atoms with Gasteiger partial charge in [0.15, 0.2) is 0 Å². The molecular weight excluding hydrogens is 301 g/mol. The van der Waals surface area contributed by atoms with Gasteiger partial charge in [0.05, 0.1) is 27.2 Å². The van der Waals surface area contributed by atoms with E-state index >= 15 is 0 Å². The molecule has 1 fully saturated rings. The number of rotatable bonds is 2. The van der Waals surface area contributed by atoms with Crippen LogP contribution in [0.4, 0.5) is 5.82 Å². The Kier molecular flexibility index (Phi) is 3.31. The van der Waals surface area contributed by atoms with Gasteiger partial charge < -0.3 is 19.4 Å². The van der Waals surface area contributed by atoms with Crippen LogP contribution in [0.1, 0.15) is 27.7 Å². The van der Waals surface area contributed by atoms with Crippen molar-refractivity contribution in [3.05, 3.63) is 38.5 Å². The minimum atomic E-state index is -0.806. The standard InChI is InChI=1S/C14H16BN3O5/c1-13(2)14(3,4)23-15(22-13)8-5-6-10-9(7-8)11(19)12(17-16-10)18(20)21/h5-7H,1-4H3,(H,16,19). The molecule has 0 aliphatic carbocycles. The molecule has 0 spiro atoms. The van der Waals surface area contributed by atoms with E-state index in [4.69, 9.17) is 9.31 Å². The molecule has 0 radical (unpaired) electrons. The van der Waals surface area contributed by atoms with Crippen molar-refractivity contribution in [3.8, 4) is 0 Å².